The van der Waals surface area contributed by atoms with Gasteiger partial charge in [0.1, 0.15) is 11.5 Å². The second kappa shape index (κ2) is 10.9. The van der Waals surface area contributed by atoms with Crippen molar-refractivity contribution in [3.05, 3.63) is 75.7 Å². The molecule has 0 atom stereocenters. The van der Waals surface area contributed by atoms with Crippen LogP contribution in [-0.4, -0.2) is 44.2 Å². The van der Waals surface area contributed by atoms with Gasteiger partial charge in [-0.05, 0) is 35.9 Å². The van der Waals surface area contributed by atoms with Crippen LogP contribution in [0, 0.1) is 0 Å². The quantitative estimate of drug-likeness (QED) is 0.417. The number of carbonyl (C=O) groups is 1. The van der Waals surface area contributed by atoms with E-state index in [0.717, 1.165) is 0 Å². The van der Waals surface area contributed by atoms with Crippen molar-refractivity contribution in [2.45, 2.75) is 18.9 Å². The average Bonchev–Trinajstić information content (AvgIpc) is 2.83. The largest absolute Gasteiger partial charge is 0.416 e. The smallest absolute Gasteiger partial charge is 0.391 e. The minimum Gasteiger partial charge on any atom is -0.391 e. The molecule has 1 saturated heterocycles. The molecule has 0 aliphatic carbocycles. The molecule has 196 valence electrons. The monoisotopic (exact) mass is 536 g/mol. The number of ether oxygens (including phenoxy) is 1. The van der Waals surface area contributed by atoms with Crippen LogP contribution < -0.4 is 16.0 Å². The highest BCUT2D eigenvalue weighted by Gasteiger charge is 2.37. The maximum Gasteiger partial charge on any atom is 0.416 e. The SMILES string of the molecule is CN(C(=O)/C(N)=C(/NCc1cc(C(F)(F)F)cc(C(F)(F)F)c1)N1CCOCC1)c1ccccc1Cl. The summed E-state index contributed by atoms with van der Waals surface area (Å²) < 4.78 is 84.7. The van der Waals surface area contributed by atoms with Crippen molar-refractivity contribution in [2.24, 2.45) is 5.73 Å². The van der Waals surface area contributed by atoms with Crippen molar-refractivity contribution in [1.29, 1.82) is 0 Å². The topological polar surface area (TPSA) is 70.8 Å². The van der Waals surface area contributed by atoms with Crippen molar-refractivity contribution in [3.63, 3.8) is 0 Å². The van der Waals surface area contributed by atoms with Gasteiger partial charge in [-0.1, -0.05) is 23.7 Å². The van der Waals surface area contributed by atoms with Crippen LogP contribution in [-0.2, 0) is 28.4 Å². The van der Waals surface area contributed by atoms with E-state index in [-0.39, 0.29) is 41.4 Å². The molecule has 36 heavy (non-hydrogen) atoms. The molecule has 0 bridgehead atoms. The third-order valence-corrected chi connectivity index (χ3v) is 5.76. The Morgan fingerprint density at radius 3 is 2.14 bits per heavy atom. The van der Waals surface area contributed by atoms with Gasteiger partial charge in [0.25, 0.3) is 5.91 Å². The maximum atomic E-state index is 13.2. The number of alkyl halides is 6. The van der Waals surface area contributed by atoms with Gasteiger partial charge < -0.3 is 25.6 Å². The third kappa shape index (κ3) is 6.55. The first-order valence-electron chi connectivity index (χ1n) is 10.7. The number of carbonyl (C=O) groups excluding carboxylic acids is 1. The number of amides is 1. The van der Waals surface area contributed by atoms with E-state index in [1.165, 1.54) is 11.9 Å². The first-order valence-corrected chi connectivity index (χ1v) is 11.0. The fourth-order valence-corrected chi connectivity index (χ4v) is 3.85. The minimum absolute atomic E-state index is 0.0542. The molecule has 13 heteroatoms. The summed E-state index contributed by atoms with van der Waals surface area (Å²) in [6, 6.07) is 7.80. The molecule has 1 aliphatic heterocycles. The predicted molar refractivity (Wildman–Crippen MR) is 122 cm³/mol. The molecule has 2 aromatic carbocycles. The van der Waals surface area contributed by atoms with Gasteiger partial charge in [-0.25, -0.2) is 0 Å². The Labute approximate surface area is 208 Å². The summed E-state index contributed by atoms with van der Waals surface area (Å²) in [7, 11) is 1.44. The van der Waals surface area contributed by atoms with Crippen LogP contribution in [0.4, 0.5) is 32.0 Å². The second-order valence-electron chi connectivity index (χ2n) is 7.94. The van der Waals surface area contributed by atoms with Gasteiger partial charge in [-0.3, -0.25) is 4.79 Å². The summed E-state index contributed by atoms with van der Waals surface area (Å²) in [5, 5.41) is 3.06. The summed E-state index contributed by atoms with van der Waals surface area (Å²) in [5.74, 6) is -0.606. The number of para-hydroxylation sites is 1. The second-order valence-corrected chi connectivity index (χ2v) is 8.35. The molecule has 1 fully saturated rings. The number of hydrogen-bond donors (Lipinski definition) is 2. The van der Waals surface area contributed by atoms with E-state index < -0.39 is 35.9 Å². The van der Waals surface area contributed by atoms with Gasteiger partial charge in [0.2, 0.25) is 0 Å². The molecule has 0 aromatic heterocycles. The maximum absolute atomic E-state index is 13.2. The predicted octanol–water partition coefficient (Wildman–Crippen LogP) is 4.59. The molecule has 0 saturated carbocycles. The summed E-state index contributed by atoms with van der Waals surface area (Å²) in [5.41, 5.74) is 3.09. The summed E-state index contributed by atoms with van der Waals surface area (Å²) in [6.45, 7) is 0.706. The Morgan fingerprint density at radius 2 is 1.61 bits per heavy atom. The zero-order valence-corrected chi connectivity index (χ0v) is 19.8. The lowest BCUT2D eigenvalue weighted by molar-refractivity contribution is -0.143. The highest BCUT2D eigenvalue weighted by molar-refractivity contribution is 6.34. The summed E-state index contributed by atoms with van der Waals surface area (Å²) in [4.78, 5) is 16.0. The fraction of sp³-hybridized carbons (Fsp3) is 0.348. The van der Waals surface area contributed by atoms with E-state index in [0.29, 0.717) is 30.9 Å². The van der Waals surface area contributed by atoms with Crippen LogP contribution in [0.25, 0.3) is 0 Å². The van der Waals surface area contributed by atoms with Crippen LogP contribution in [0.5, 0.6) is 0 Å². The van der Waals surface area contributed by atoms with Crippen molar-refractivity contribution < 1.29 is 35.9 Å². The van der Waals surface area contributed by atoms with Gasteiger partial charge in [-0.2, -0.15) is 26.3 Å². The number of morpholine rings is 1. The molecule has 1 heterocycles. The molecule has 3 N–H and O–H groups in total. The van der Waals surface area contributed by atoms with Crippen LogP contribution in [0.3, 0.4) is 0 Å². The molecule has 0 unspecified atom stereocenters. The fourth-order valence-electron chi connectivity index (χ4n) is 3.59. The lowest BCUT2D eigenvalue weighted by Crippen LogP contribution is -2.44. The number of nitrogens with zero attached hydrogens (tertiary/aromatic N) is 2. The molecular weight excluding hydrogens is 514 g/mol. The number of hydrogen-bond acceptors (Lipinski definition) is 5. The number of benzene rings is 2. The van der Waals surface area contributed by atoms with Gasteiger partial charge in [-0.15, -0.1) is 0 Å². The van der Waals surface area contributed by atoms with Crippen molar-refractivity contribution in [3.8, 4) is 0 Å². The number of anilines is 1. The van der Waals surface area contributed by atoms with E-state index in [4.69, 9.17) is 22.1 Å². The Balaban J connectivity index is 1.96. The molecule has 2 aromatic rings. The lowest BCUT2D eigenvalue weighted by Gasteiger charge is -2.33. The number of nitrogens with one attached hydrogen (secondary N) is 1. The van der Waals surface area contributed by atoms with Crippen LogP contribution in [0.15, 0.2) is 54.0 Å². The van der Waals surface area contributed by atoms with Crippen LogP contribution >= 0.6 is 11.6 Å². The molecule has 0 spiro atoms. The molecule has 3 rings (SSSR count). The Morgan fingerprint density at radius 1 is 1.06 bits per heavy atom. The van der Waals surface area contributed by atoms with Crippen LogP contribution in [0.2, 0.25) is 5.02 Å². The Hall–Kier alpha value is -3.12. The summed E-state index contributed by atoms with van der Waals surface area (Å²) in [6.07, 6.45) is -9.96. The Bertz CT molecular complexity index is 1100. The van der Waals surface area contributed by atoms with E-state index in [1.807, 2.05) is 0 Å². The molecule has 1 aliphatic rings. The average molecular weight is 537 g/mol. The van der Waals surface area contributed by atoms with E-state index in [2.05, 4.69) is 5.32 Å². The van der Waals surface area contributed by atoms with Gasteiger partial charge in [0.05, 0.1) is 35.1 Å². The third-order valence-electron chi connectivity index (χ3n) is 5.44. The normalized spacial score (nSPS) is 15.4. The van der Waals surface area contributed by atoms with Crippen molar-refractivity contribution >= 4 is 23.2 Å². The van der Waals surface area contributed by atoms with E-state index in [9.17, 15) is 31.1 Å². The van der Waals surface area contributed by atoms with Crippen LogP contribution in [0.1, 0.15) is 16.7 Å². The number of nitrogens with two attached hydrogens (primary N) is 1. The van der Waals surface area contributed by atoms with Crippen molar-refractivity contribution in [2.75, 3.05) is 38.3 Å². The Kier molecular flexibility index (Phi) is 8.29. The number of likely N-dealkylation sites (N-methyl/N-ethyl adjacent to an activating group) is 1. The highest BCUT2D eigenvalue weighted by atomic mass is 35.5. The number of halogens is 7. The molecule has 1 amide bonds. The highest BCUT2D eigenvalue weighted by Crippen LogP contribution is 2.36. The zero-order chi connectivity index (χ0) is 26.7. The van der Waals surface area contributed by atoms with Gasteiger partial charge >= 0.3 is 12.4 Å². The molecule has 6 nitrogen and oxygen atoms in total. The first-order chi connectivity index (χ1) is 16.8. The zero-order valence-electron chi connectivity index (χ0n) is 19.0. The first kappa shape index (κ1) is 27.5. The number of rotatable bonds is 6. The van der Waals surface area contributed by atoms with Gasteiger partial charge in [0, 0.05) is 26.7 Å². The van der Waals surface area contributed by atoms with E-state index in [1.54, 1.807) is 29.2 Å². The molecule has 0 radical (unpaired) electrons. The standard InChI is InChI=1S/C23H23ClF6N4O2/c1-33(18-5-3-2-4-17(18)24)21(35)19(31)20(34-6-8-36-9-7-34)32-13-14-10-15(22(25,26)27)12-16(11-14)23(28,29)30/h2-5,10-12,32H,6-9,13,31H2,1H3/b20-19+. The van der Waals surface area contributed by atoms with E-state index >= 15 is 0 Å². The van der Waals surface area contributed by atoms with Crippen molar-refractivity contribution in [1.82, 2.24) is 10.2 Å². The molecular formula is C23H23ClF6N4O2. The minimum atomic E-state index is -4.98. The summed E-state index contributed by atoms with van der Waals surface area (Å²) >= 11 is 6.16. The lowest BCUT2D eigenvalue weighted by atomic mass is 10.0. The van der Waals surface area contributed by atoms with Gasteiger partial charge in [0.15, 0.2) is 0 Å².